The van der Waals surface area contributed by atoms with Crippen molar-refractivity contribution < 1.29 is 24.0 Å². The number of ether oxygens (including phenoxy) is 2. The number of morpholine rings is 1. The van der Waals surface area contributed by atoms with E-state index >= 15 is 0 Å². The van der Waals surface area contributed by atoms with Gasteiger partial charge >= 0.3 is 5.69 Å². The number of benzene rings is 1. The minimum absolute atomic E-state index is 0.0350. The van der Waals surface area contributed by atoms with Gasteiger partial charge < -0.3 is 14.4 Å². The Morgan fingerprint density at radius 1 is 1.43 bits per heavy atom. The Hall–Kier alpha value is -2.48. The van der Waals surface area contributed by atoms with E-state index in [0.29, 0.717) is 32.6 Å². The van der Waals surface area contributed by atoms with Crippen molar-refractivity contribution in [2.24, 2.45) is 0 Å². The fraction of sp³-hybridized carbons (Fsp3) is 0.385. The van der Waals surface area contributed by atoms with Gasteiger partial charge in [0, 0.05) is 24.7 Å². The summed E-state index contributed by atoms with van der Waals surface area (Å²) < 4.78 is 10.4. The van der Waals surface area contributed by atoms with Crippen molar-refractivity contribution in [2.45, 2.75) is 0 Å². The van der Waals surface area contributed by atoms with E-state index in [0.717, 1.165) is 6.07 Å². The highest BCUT2D eigenvalue weighted by atomic mass is 16.6. The highest BCUT2D eigenvalue weighted by molar-refractivity contribution is 5.79. The lowest BCUT2D eigenvalue weighted by Crippen LogP contribution is -2.43. The lowest BCUT2D eigenvalue weighted by atomic mass is 10.2. The topological polar surface area (TPSA) is 99.0 Å². The standard InChI is InChI=1S/C13H14N2O6/c16-8-10-1-2-12(11(7-10)15(18)19)21-9-13(17)14-3-5-20-6-4-14/h1-2,7-8H,3-6,9H2. The maximum Gasteiger partial charge on any atom is 0.311 e. The number of rotatable bonds is 5. The van der Waals surface area contributed by atoms with Crippen LogP contribution in [0.3, 0.4) is 0 Å². The molecule has 1 heterocycles. The molecule has 2 rings (SSSR count). The second kappa shape index (κ2) is 6.80. The van der Waals surface area contributed by atoms with Crippen LogP contribution in [-0.2, 0) is 9.53 Å². The largest absolute Gasteiger partial charge is 0.477 e. The summed E-state index contributed by atoms with van der Waals surface area (Å²) in [6.45, 7) is 1.61. The maximum atomic E-state index is 11.9. The molecule has 1 aliphatic heterocycles. The third-order valence-corrected chi connectivity index (χ3v) is 3.03. The van der Waals surface area contributed by atoms with Gasteiger partial charge in [0.15, 0.2) is 12.4 Å². The van der Waals surface area contributed by atoms with Crippen LogP contribution in [0.1, 0.15) is 10.4 Å². The average molecular weight is 294 g/mol. The van der Waals surface area contributed by atoms with Crippen LogP contribution >= 0.6 is 0 Å². The van der Waals surface area contributed by atoms with E-state index in [-0.39, 0.29) is 29.5 Å². The molecule has 0 aliphatic carbocycles. The van der Waals surface area contributed by atoms with Gasteiger partial charge in [-0.1, -0.05) is 0 Å². The number of carbonyl (C=O) groups excluding carboxylic acids is 2. The minimum atomic E-state index is -0.651. The summed E-state index contributed by atoms with van der Waals surface area (Å²) in [6, 6.07) is 3.82. The zero-order valence-electron chi connectivity index (χ0n) is 11.2. The highest BCUT2D eigenvalue weighted by Crippen LogP contribution is 2.27. The molecule has 8 heteroatoms. The van der Waals surface area contributed by atoms with Crippen LogP contribution in [0, 0.1) is 10.1 Å². The van der Waals surface area contributed by atoms with Gasteiger partial charge in [-0.05, 0) is 12.1 Å². The van der Waals surface area contributed by atoms with Crippen LogP contribution in [0.15, 0.2) is 18.2 Å². The van der Waals surface area contributed by atoms with Crippen molar-refractivity contribution in [1.82, 2.24) is 4.90 Å². The molecule has 0 unspecified atom stereocenters. The predicted molar refractivity (Wildman–Crippen MR) is 71.4 cm³/mol. The SMILES string of the molecule is O=Cc1ccc(OCC(=O)N2CCOCC2)c([N+](=O)[O-])c1. The van der Waals surface area contributed by atoms with Crippen LogP contribution in [0.25, 0.3) is 0 Å². The van der Waals surface area contributed by atoms with Gasteiger partial charge in [-0.3, -0.25) is 19.7 Å². The summed E-state index contributed by atoms with van der Waals surface area (Å²) in [5, 5.41) is 10.9. The van der Waals surface area contributed by atoms with Crippen molar-refractivity contribution in [3.05, 3.63) is 33.9 Å². The lowest BCUT2D eigenvalue weighted by molar-refractivity contribution is -0.385. The van der Waals surface area contributed by atoms with Crippen molar-refractivity contribution in [2.75, 3.05) is 32.9 Å². The second-order valence-corrected chi connectivity index (χ2v) is 4.38. The molecule has 0 bridgehead atoms. The Morgan fingerprint density at radius 2 is 2.14 bits per heavy atom. The number of hydrogen-bond acceptors (Lipinski definition) is 6. The molecule has 0 saturated carbocycles. The molecule has 1 fully saturated rings. The van der Waals surface area contributed by atoms with Gasteiger partial charge in [0.2, 0.25) is 0 Å². The Balaban J connectivity index is 2.03. The summed E-state index contributed by atoms with van der Waals surface area (Å²) in [7, 11) is 0. The molecule has 0 N–H and O–H groups in total. The fourth-order valence-electron chi connectivity index (χ4n) is 1.92. The van der Waals surface area contributed by atoms with Crippen molar-refractivity contribution in [3.8, 4) is 5.75 Å². The summed E-state index contributed by atoms with van der Waals surface area (Å²) in [5.74, 6) is -0.292. The Morgan fingerprint density at radius 3 is 2.76 bits per heavy atom. The number of nitrogens with zero attached hydrogens (tertiary/aromatic N) is 2. The zero-order chi connectivity index (χ0) is 15.2. The number of carbonyl (C=O) groups is 2. The van der Waals surface area contributed by atoms with Gasteiger partial charge in [0.1, 0.15) is 6.29 Å². The molecule has 0 radical (unpaired) electrons. The molecule has 21 heavy (non-hydrogen) atoms. The fourth-order valence-corrected chi connectivity index (χ4v) is 1.92. The van der Waals surface area contributed by atoms with E-state index in [9.17, 15) is 19.7 Å². The van der Waals surface area contributed by atoms with Gasteiger partial charge in [0.25, 0.3) is 5.91 Å². The summed E-state index contributed by atoms with van der Waals surface area (Å²) in [4.78, 5) is 34.4. The molecule has 0 atom stereocenters. The number of nitro benzene ring substituents is 1. The van der Waals surface area contributed by atoms with E-state index in [1.165, 1.54) is 12.1 Å². The first-order valence-electron chi connectivity index (χ1n) is 6.34. The van der Waals surface area contributed by atoms with Crippen LogP contribution in [0.5, 0.6) is 5.75 Å². The van der Waals surface area contributed by atoms with Gasteiger partial charge in [-0.25, -0.2) is 0 Å². The van der Waals surface area contributed by atoms with Crippen LogP contribution < -0.4 is 4.74 Å². The van der Waals surface area contributed by atoms with E-state index in [1.54, 1.807) is 4.90 Å². The molecule has 1 amide bonds. The number of hydrogen-bond donors (Lipinski definition) is 0. The van der Waals surface area contributed by atoms with E-state index in [4.69, 9.17) is 9.47 Å². The Labute approximate surface area is 120 Å². The van der Waals surface area contributed by atoms with Crippen molar-refractivity contribution in [3.63, 3.8) is 0 Å². The van der Waals surface area contributed by atoms with Crippen LogP contribution in [0.2, 0.25) is 0 Å². The normalized spacial score (nSPS) is 14.6. The summed E-state index contributed by atoms with van der Waals surface area (Å²) in [6.07, 6.45) is 0.510. The Kier molecular flexibility index (Phi) is 4.83. The second-order valence-electron chi connectivity index (χ2n) is 4.38. The van der Waals surface area contributed by atoms with E-state index in [1.807, 2.05) is 0 Å². The monoisotopic (exact) mass is 294 g/mol. The first kappa shape index (κ1) is 14.9. The minimum Gasteiger partial charge on any atom is -0.477 e. The summed E-state index contributed by atoms with van der Waals surface area (Å²) in [5.41, 5.74) is -0.164. The molecule has 1 aromatic carbocycles. The first-order chi connectivity index (χ1) is 10.1. The number of amides is 1. The molecule has 112 valence electrons. The quantitative estimate of drug-likeness (QED) is 0.449. The molecule has 0 aromatic heterocycles. The molecule has 1 saturated heterocycles. The van der Waals surface area contributed by atoms with Gasteiger partial charge in [0.05, 0.1) is 18.1 Å². The molecule has 1 aliphatic rings. The molecule has 8 nitrogen and oxygen atoms in total. The maximum absolute atomic E-state index is 11.9. The predicted octanol–water partition coefficient (Wildman–Crippen LogP) is 0.645. The smallest absolute Gasteiger partial charge is 0.311 e. The average Bonchev–Trinajstić information content (AvgIpc) is 2.53. The molecule has 1 aromatic rings. The summed E-state index contributed by atoms with van der Waals surface area (Å²) >= 11 is 0. The Bertz CT molecular complexity index is 554. The first-order valence-corrected chi connectivity index (χ1v) is 6.34. The third kappa shape index (κ3) is 3.76. The zero-order valence-corrected chi connectivity index (χ0v) is 11.2. The van der Waals surface area contributed by atoms with Crippen LogP contribution in [0.4, 0.5) is 5.69 Å². The van der Waals surface area contributed by atoms with Crippen molar-refractivity contribution >= 4 is 17.9 Å². The molecule has 0 spiro atoms. The van der Waals surface area contributed by atoms with Crippen molar-refractivity contribution in [1.29, 1.82) is 0 Å². The van der Waals surface area contributed by atoms with Gasteiger partial charge in [-0.15, -0.1) is 0 Å². The number of aldehydes is 1. The van der Waals surface area contributed by atoms with Gasteiger partial charge in [-0.2, -0.15) is 0 Å². The van der Waals surface area contributed by atoms with E-state index < -0.39 is 4.92 Å². The number of nitro groups is 1. The third-order valence-electron chi connectivity index (χ3n) is 3.03. The molecular formula is C13H14N2O6. The van der Waals surface area contributed by atoms with E-state index in [2.05, 4.69) is 0 Å². The van der Waals surface area contributed by atoms with Crippen LogP contribution in [-0.4, -0.2) is 54.9 Å². The highest BCUT2D eigenvalue weighted by Gasteiger charge is 2.20. The lowest BCUT2D eigenvalue weighted by Gasteiger charge is -2.26. The molecular weight excluding hydrogens is 280 g/mol.